The molecule has 3 rings (SSSR count). The molecule has 0 radical (unpaired) electrons. The number of halogens is 3. The summed E-state index contributed by atoms with van der Waals surface area (Å²) >= 11 is 5.97. The third-order valence-corrected chi connectivity index (χ3v) is 3.30. The van der Waals surface area contributed by atoms with Gasteiger partial charge in [0, 0.05) is 11.8 Å². The van der Waals surface area contributed by atoms with Gasteiger partial charge in [-0.05, 0) is 36.8 Å². The zero-order valence-electron chi connectivity index (χ0n) is 10.5. The summed E-state index contributed by atoms with van der Waals surface area (Å²) in [5, 5.41) is 0.491. The predicted molar refractivity (Wildman–Crippen MR) is 74.7 cm³/mol. The van der Waals surface area contributed by atoms with Crippen LogP contribution in [0.3, 0.4) is 0 Å². The largest absolute Gasteiger partial charge is 0.383 e. The number of nitrogen functional groups attached to an aromatic ring is 1. The van der Waals surface area contributed by atoms with Crippen LogP contribution in [0.25, 0.3) is 16.9 Å². The van der Waals surface area contributed by atoms with Gasteiger partial charge in [-0.25, -0.2) is 13.8 Å². The first-order valence-corrected chi connectivity index (χ1v) is 6.24. The molecule has 0 atom stereocenters. The van der Waals surface area contributed by atoms with E-state index in [2.05, 4.69) is 4.98 Å². The number of nitrogens with two attached hydrogens (primary N) is 1. The van der Waals surface area contributed by atoms with Crippen LogP contribution < -0.4 is 5.73 Å². The van der Waals surface area contributed by atoms with E-state index in [1.54, 1.807) is 16.7 Å². The van der Waals surface area contributed by atoms with Crippen LogP contribution >= 0.6 is 11.6 Å². The minimum Gasteiger partial charge on any atom is -0.383 e. The molecule has 0 spiro atoms. The second-order valence-corrected chi connectivity index (χ2v) is 4.94. The first-order valence-electron chi connectivity index (χ1n) is 5.86. The lowest BCUT2D eigenvalue weighted by Crippen LogP contribution is -1.96. The van der Waals surface area contributed by atoms with E-state index in [-0.39, 0.29) is 17.1 Å². The lowest BCUT2D eigenvalue weighted by atomic mass is 10.1. The maximum absolute atomic E-state index is 13.8. The highest BCUT2D eigenvalue weighted by molar-refractivity contribution is 6.30. The molecule has 0 bridgehead atoms. The van der Waals surface area contributed by atoms with Crippen molar-refractivity contribution in [2.45, 2.75) is 6.92 Å². The molecule has 20 heavy (non-hydrogen) atoms. The fourth-order valence-electron chi connectivity index (χ4n) is 2.16. The van der Waals surface area contributed by atoms with Crippen LogP contribution in [0.4, 0.5) is 14.6 Å². The van der Waals surface area contributed by atoms with Crippen molar-refractivity contribution < 1.29 is 8.78 Å². The first kappa shape index (κ1) is 12.9. The molecule has 2 heterocycles. The molecular weight excluding hydrogens is 284 g/mol. The van der Waals surface area contributed by atoms with Gasteiger partial charge in [0.2, 0.25) is 0 Å². The maximum atomic E-state index is 13.8. The van der Waals surface area contributed by atoms with Crippen LogP contribution in [0.5, 0.6) is 0 Å². The molecule has 3 aromatic rings. The number of benzene rings is 1. The monoisotopic (exact) mass is 293 g/mol. The van der Waals surface area contributed by atoms with Crippen molar-refractivity contribution in [3.8, 4) is 11.3 Å². The molecule has 0 aliphatic carbocycles. The molecule has 102 valence electrons. The van der Waals surface area contributed by atoms with Crippen molar-refractivity contribution >= 4 is 23.1 Å². The summed E-state index contributed by atoms with van der Waals surface area (Å²) < 4.78 is 28.7. The summed E-state index contributed by atoms with van der Waals surface area (Å²) in [6, 6.07) is 4.90. The first-order chi connectivity index (χ1) is 9.47. The van der Waals surface area contributed by atoms with E-state index >= 15 is 0 Å². The second kappa shape index (κ2) is 4.45. The molecule has 0 fully saturated rings. The number of nitrogens with zero attached hydrogens (tertiary/aromatic N) is 2. The number of imidazole rings is 1. The van der Waals surface area contributed by atoms with Gasteiger partial charge < -0.3 is 5.73 Å². The normalized spacial score (nSPS) is 11.2. The number of aromatic nitrogens is 2. The van der Waals surface area contributed by atoms with Crippen molar-refractivity contribution in [1.82, 2.24) is 9.38 Å². The lowest BCUT2D eigenvalue weighted by Gasteiger charge is -2.02. The van der Waals surface area contributed by atoms with E-state index in [9.17, 15) is 8.78 Å². The zero-order chi connectivity index (χ0) is 14.4. The van der Waals surface area contributed by atoms with E-state index in [1.165, 1.54) is 0 Å². The summed E-state index contributed by atoms with van der Waals surface area (Å²) in [7, 11) is 0. The SMILES string of the molecule is Cc1cc(Cl)cn2c(N)c(-c3cc(F)ccc3F)nc12. The minimum atomic E-state index is -0.578. The van der Waals surface area contributed by atoms with Gasteiger partial charge in [-0.1, -0.05) is 11.6 Å². The maximum Gasteiger partial charge on any atom is 0.142 e. The topological polar surface area (TPSA) is 43.3 Å². The fourth-order valence-corrected chi connectivity index (χ4v) is 2.42. The Morgan fingerprint density at radius 2 is 2.00 bits per heavy atom. The lowest BCUT2D eigenvalue weighted by molar-refractivity contribution is 0.603. The van der Waals surface area contributed by atoms with E-state index in [1.807, 2.05) is 6.92 Å². The van der Waals surface area contributed by atoms with Crippen LogP contribution in [0.15, 0.2) is 30.5 Å². The Hall–Kier alpha value is -2.14. The van der Waals surface area contributed by atoms with Crippen LogP contribution in [0, 0.1) is 18.6 Å². The van der Waals surface area contributed by atoms with Gasteiger partial charge in [0.1, 0.15) is 28.8 Å². The number of hydrogen-bond donors (Lipinski definition) is 1. The molecule has 3 nitrogen and oxygen atoms in total. The average molecular weight is 294 g/mol. The fraction of sp³-hybridized carbons (Fsp3) is 0.0714. The van der Waals surface area contributed by atoms with Gasteiger partial charge in [-0.3, -0.25) is 4.40 Å². The quantitative estimate of drug-likeness (QED) is 0.741. The average Bonchev–Trinajstić information content (AvgIpc) is 2.71. The van der Waals surface area contributed by atoms with Gasteiger partial charge in [-0.15, -0.1) is 0 Å². The summed E-state index contributed by atoms with van der Waals surface area (Å²) in [6.07, 6.45) is 1.59. The molecule has 2 N–H and O–H groups in total. The van der Waals surface area contributed by atoms with E-state index in [0.29, 0.717) is 10.7 Å². The molecule has 0 amide bonds. The highest BCUT2D eigenvalue weighted by atomic mass is 35.5. The van der Waals surface area contributed by atoms with Gasteiger partial charge in [0.15, 0.2) is 0 Å². The van der Waals surface area contributed by atoms with Gasteiger partial charge in [0.25, 0.3) is 0 Å². The standard InChI is InChI=1S/C14H10ClF2N3/c1-7-4-8(15)6-20-13(18)12(19-14(7)20)10-5-9(16)2-3-11(10)17/h2-6H,18H2,1H3. The van der Waals surface area contributed by atoms with Gasteiger partial charge in [0.05, 0.1) is 5.02 Å². The Labute approximate surface area is 118 Å². The van der Waals surface area contributed by atoms with Crippen molar-refractivity contribution in [1.29, 1.82) is 0 Å². The molecule has 0 aliphatic rings. The molecule has 0 aliphatic heterocycles. The Bertz CT molecular complexity index is 827. The molecular formula is C14H10ClF2N3. The Morgan fingerprint density at radius 1 is 1.25 bits per heavy atom. The van der Waals surface area contributed by atoms with Crippen LogP contribution in [-0.2, 0) is 0 Å². The molecule has 0 unspecified atom stereocenters. The number of anilines is 1. The predicted octanol–water partition coefficient (Wildman–Crippen LogP) is 3.82. The van der Waals surface area contributed by atoms with E-state index in [0.717, 1.165) is 23.8 Å². The van der Waals surface area contributed by atoms with Crippen molar-refractivity contribution in [2.24, 2.45) is 0 Å². The Morgan fingerprint density at radius 3 is 2.75 bits per heavy atom. The highest BCUT2D eigenvalue weighted by Gasteiger charge is 2.17. The number of hydrogen-bond acceptors (Lipinski definition) is 2. The third kappa shape index (κ3) is 1.91. The summed E-state index contributed by atoms with van der Waals surface area (Å²) in [5.74, 6) is -0.909. The number of pyridine rings is 1. The minimum absolute atomic E-state index is 0.0294. The van der Waals surface area contributed by atoms with Gasteiger partial charge >= 0.3 is 0 Å². The van der Waals surface area contributed by atoms with Gasteiger partial charge in [-0.2, -0.15) is 0 Å². The van der Waals surface area contributed by atoms with Crippen molar-refractivity contribution in [3.05, 3.63) is 52.7 Å². The zero-order valence-corrected chi connectivity index (χ0v) is 11.2. The highest BCUT2D eigenvalue weighted by Crippen LogP contribution is 2.31. The second-order valence-electron chi connectivity index (χ2n) is 4.50. The van der Waals surface area contributed by atoms with Crippen LogP contribution in [0.2, 0.25) is 5.02 Å². The number of fused-ring (bicyclic) bond motifs is 1. The van der Waals surface area contributed by atoms with E-state index < -0.39 is 11.6 Å². The number of aryl methyl sites for hydroxylation is 1. The molecule has 1 aromatic carbocycles. The van der Waals surface area contributed by atoms with E-state index in [4.69, 9.17) is 17.3 Å². The van der Waals surface area contributed by atoms with Crippen LogP contribution in [-0.4, -0.2) is 9.38 Å². The molecule has 2 aromatic heterocycles. The smallest absolute Gasteiger partial charge is 0.142 e. The van der Waals surface area contributed by atoms with Crippen molar-refractivity contribution in [3.63, 3.8) is 0 Å². The summed E-state index contributed by atoms with van der Waals surface area (Å²) in [5.41, 5.74) is 7.57. The Balaban J connectivity index is 2.35. The summed E-state index contributed by atoms with van der Waals surface area (Å²) in [4.78, 5) is 4.30. The van der Waals surface area contributed by atoms with Crippen molar-refractivity contribution in [2.75, 3.05) is 5.73 Å². The van der Waals surface area contributed by atoms with Crippen LogP contribution in [0.1, 0.15) is 5.56 Å². The molecule has 0 saturated carbocycles. The third-order valence-electron chi connectivity index (χ3n) is 3.09. The Kier molecular flexibility index (Phi) is 2.87. The summed E-state index contributed by atoms with van der Waals surface area (Å²) in [6.45, 7) is 1.82. The molecule has 0 saturated heterocycles. The molecule has 6 heteroatoms. The number of rotatable bonds is 1.